The van der Waals surface area contributed by atoms with Gasteiger partial charge in [-0.25, -0.2) is 0 Å². The SMILES string of the molecule is CCC(C)NC(=O)C(C)NC(=O)C(Cc1c[nH]c2ccccc12)NC(=O)c1cccs1. The van der Waals surface area contributed by atoms with Gasteiger partial charge >= 0.3 is 0 Å². The van der Waals surface area contributed by atoms with E-state index in [2.05, 4.69) is 20.9 Å². The predicted octanol–water partition coefficient (Wildman–Crippen LogP) is 2.99. The van der Waals surface area contributed by atoms with Gasteiger partial charge in [0.05, 0.1) is 4.88 Å². The molecule has 0 aliphatic heterocycles. The number of carbonyl (C=O) groups is 3. The molecule has 0 aliphatic carbocycles. The Morgan fingerprint density at radius 1 is 1.00 bits per heavy atom. The first-order valence-corrected chi connectivity index (χ1v) is 11.3. The fourth-order valence-electron chi connectivity index (χ4n) is 3.22. The molecule has 1 aromatic carbocycles. The topological polar surface area (TPSA) is 103 Å². The van der Waals surface area contributed by atoms with Crippen molar-refractivity contribution in [3.63, 3.8) is 0 Å². The highest BCUT2D eigenvalue weighted by atomic mass is 32.1. The molecule has 0 saturated carbocycles. The molecule has 0 radical (unpaired) electrons. The van der Waals surface area contributed by atoms with Gasteiger partial charge in [0.15, 0.2) is 0 Å². The quantitative estimate of drug-likeness (QED) is 0.411. The summed E-state index contributed by atoms with van der Waals surface area (Å²) in [6.07, 6.45) is 2.94. The molecule has 4 N–H and O–H groups in total. The number of rotatable bonds is 9. The Labute approximate surface area is 185 Å². The third kappa shape index (κ3) is 5.73. The number of aromatic amines is 1. The Balaban J connectivity index is 1.76. The van der Waals surface area contributed by atoms with Crippen molar-refractivity contribution in [3.05, 3.63) is 58.4 Å². The molecule has 31 heavy (non-hydrogen) atoms. The maximum Gasteiger partial charge on any atom is 0.262 e. The van der Waals surface area contributed by atoms with Crippen molar-refractivity contribution >= 4 is 40.0 Å². The van der Waals surface area contributed by atoms with Gasteiger partial charge in [0, 0.05) is 29.6 Å². The third-order valence-corrected chi connectivity index (χ3v) is 6.09. The Kier molecular flexibility index (Phi) is 7.46. The lowest BCUT2D eigenvalue weighted by Crippen LogP contribution is -2.54. The van der Waals surface area contributed by atoms with Gasteiger partial charge in [0.1, 0.15) is 12.1 Å². The lowest BCUT2D eigenvalue weighted by molar-refractivity contribution is -0.129. The molecule has 2 aromatic heterocycles. The Bertz CT molecular complexity index is 1040. The number of thiophene rings is 1. The molecule has 0 saturated heterocycles. The van der Waals surface area contributed by atoms with Crippen LogP contribution in [0.3, 0.4) is 0 Å². The summed E-state index contributed by atoms with van der Waals surface area (Å²) in [5.41, 5.74) is 1.88. The zero-order valence-electron chi connectivity index (χ0n) is 17.9. The molecule has 7 nitrogen and oxygen atoms in total. The molecule has 164 valence electrons. The van der Waals surface area contributed by atoms with E-state index >= 15 is 0 Å². The van der Waals surface area contributed by atoms with Crippen LogP contribution in [0, 0.1) is 0 Å². The lowest BCUT2D eigenvalue weighted by Gasteiger charge is -2.22. The number of hydrogen-bond acceptors (Lipinski definition) is 4. The molecule has 0 bridgehead atoms. The maximum atomic E-state index is 13.1. The molecule has 0 fully saturated rings. The second-order valence-electron chi connectivity index (χ2n) is 7.62. The van der Waals surface area contributed by atoms with E-state index in [4.69, 9.17) is 0 Å². The van der Waals surface area contributed by atoms with Gasteiger partial charge in [-0.2, -0.15) is 0 Å². The first-order valence-electron chi connectivity index (χ1n) is 10.4. The Hall–Kier alpha value is -3.13. The van der Waals surface area contributed by atoms with E-state index < -0.39 is 18.0 Å². The summed E-state index contributed by atoms with van der Waals surface area (Å²) < 4.78 is 0. The highest BCUT2D eigenvalue weighted by Crippen LogP contribution is 2.19. The van der Waals surface area contributed by atoms with Crippen LogP contribution in [0.4, 0.5) is 0 Å². The number of hydrogen-bond donors (Lipinski definition) is 4. The zero-order valence-corrected chi connectivity index (χ0v) is 18.7. The van der Waals surface area contributed by atoms with Crippen molar-refractivity contribution in [2.45, 2.75) is 51.7 Å². The van der Waals surface area contributed by atoms with Crippen LogP contribution in [0.5, 0.6) is 0 Å². The zero-order chi connectivity index (χ0) is 22.4. The molecule has 2 heterocycles. The number of benzene rings is 1. The van der Waals surface area contributed by atoms with Crippen LogP contribution in [0.25, 0.3) is 10.9 Å². The van der Waals surface area contributed by atoms with Gasteiger partial charge in [-0.15, -0.1) is 11.3 Å². The first kappa shape index (κ1) is 22.6. The lowest BCUT2D eigenvalue weighted by atomic mass is 10.0. The van der Waals surface area contributed by atoms with Crippen LogP contribution in [0.1, 0.15) is 42.4 Å². The molecule has 3 rings (SSSR count). The number of fused-ring (bicyclic) bond motifs is 1. The van der Waals surface area contributed by atoms with E-state index in [1.54, 1.807) is 19.1 Å². The molecule has 0 aliphatic rings. The number of para-hydroxylation sites is 1. The summed E-state index contributed by atoms with van der Waals surface area (Å²) in [6.45, 7) is 5.53. The number of aromatic nitrogens is 1. The van der Waals surface area contributed by atoms with Crippen molar-refractivity contribution in [3.8, 4) is 0 Å². The number of H-pyrrole nitrogens is 1. The fourth-order valence-corrected chi connectivity index (χ4v) is 3.84. The summed E-state index contributed by atoms with van der Waals surface area (Å²) >= 11 is 1.31. The predicted molar refractivity (Wildman–Crippen MR) is 123 cm³/mol. The molecule has 3 atom stereocenters. The van der Waals surface area contributed by atoms with E-state index in [1.807, 2.05) is 49.7 Å². The van der Waals surface area contributed by atoms with Crippen LogP contribution in [-0.2, 0) is 16.0 Å². The summed E-state index contributed by atoms with van der Waals surface area (Å²) in [6, 6.07) is 9.77. The summed E-state index contributed by atoms with van der Waals surface area (Å²) in [4.78, 5) is 41.8. The second-order valence-corrected chi connectivity index (χ2v) is 8.56. The van der Waals surface area contributed by atoms with Crippen LogP contribution < -0.4 is 16.0 Å². The summed E-state index contributed by atoms with van der Waals surface area (Å²) in [5.74, 6) is -0.966. The van der Waals surface area contributed by atoms with Crippen molar-refractivity contribution in [1.82, 2.24) is 20.9 Å². The van der Waals surface area contributed by atoms with Crippen LogP contribution in [-0.4, -0.2) is 40.8 Å². The highest BCUT2D eigenvalue weighted by molar-refractivity contribution is 7.12. The largest absolute Gasteiger partial charge is 0.361 e. The van der Waals surface area contributed by atoms with Crippen LogP contribution in [0.2, 0.25) is 0 Å². The number of carbonyl (C=O) groups excluding carboxylic acids is 3. The minimum absolute atomic E-state index is 0.0207. The van der Waals surface area contributed by atoms with Crippen molar-refractivity contribution in [1.29, 1.82) is 0 Å². The molecule has 3 amide bonds. The molecule has 0 spiro atoms. The third-order valence-electron chi connectivity index (χ3n) is 5.22. The molecule has 8 heteroatoms. The fraction of sp³-hybridized carbons (Fsp3) is 0.348. The standard InChI is InChI=1S/C23H28N4O3S/c1-4-14(2)25-21(28)15(3)26-22(29)19(27-23(30)20-10-7-11-31-20)12-16-13-24-18-9-6-5-8-17(16)18/h5-11,13-15,19,24H,4,12H2,1-3H3,(H,25,28)(H,26,29)(H,27,30). The van der Waals surface area contributed by atoms with Gasteiger partial charge in [-0.05, 0) is 43.3 Å². The molecular weight excluding hydrogens is 412 g/mol. The highest BCUT2D eigenvalue weighted by Gasteiger charge is 2.26. The minimum atomic E-state index is -0.826. The van der Waals surface area contributed by atoms with E-state index in [-0.39, 0.29) is 17.9 Å². The second kappa shape index (κ2) is 10.3. The average Bonchev–Trinajstić information content (AvgIpc) is 3.43. The van der Waals surface area contributed by atoms with E-state index in [1.165, 1.54) is 11.3 Å². The molecule has 3 aromatic rings. The first-order chi connectivity index (χ1) is 14.9. The number of amides is 3. The van der Waals surface area contributed by atoms with Crippen LogP contribution >= 0.6 is 11.3 Å². The number of nitrogens with one attached hydrogen (secondary N) is 4. The van der Waals surface area contributed by atoms with Gasteiger partial charge < -0.3 is 20.9 Å². The van der Waals surface area contributed by atoms with E-state index in [0.717, 1.165) is 22.9 Å². The van der Waals surface area contributed by atoms with Gasteiger partial charge in [0.25, 0.3) is 5.91 Å². The average molecular weight is 441 g/mol. The summed E-state index contributed by atoms with van der Waals surface area (Å²) in [5, 5.41) is 11.2. The van der Waals surface area contributed by atoms with Crippen molar-refractivity contribution in [2.24, 2.45) is 0 Å². The normalized spacial score (nSPS) is 13.9. The van der Waals surface area contributed by atoms with Crippen molar-refractivity contribution in [2.75, 3.05) is 0 Å². The smallest absolute Gasteiger partial charge is 0.262 e. The van der Waals surface area contributed by atoms with Gasteiger partial charge in [-0.1, -0.05) is 31.2 Å². The Morgan fingerprint density at radius 2 is 1.77 bits per heavy atom. The molecule has 3 unspecified atom stereocenters. The van der Waals surface area contributed by atoms with Gasteiger partial charge in [-0.3, -0.25) is 14.4 Å². The van der Waals surface area contributed by atoms with Gasteiger partial charge in [0.2, 0.25) is 11.8 Å². The maximum absolute atomic E-state index is 13.1. The van der Waals surface area contributed by atoms with Crippen LogP contribution in [0.15, 0.2) is 48.0 Å². The Morgan fingerprint density at radius 3 is 2.48 bits per heavy atom. The van der Waals surface area contributed by atoms with E-state index in [0.29, 0.717) is 11.3 Å². The summed E-state index contributed by atoms with van der Waals surface area (Å²) in [7, 11) is 0. The molecular formula is C23H28N4O3S. The van der Waals surface area contributed by atoms with Crippen molar-refractivity contribution < 1.29 is 14.4 Å². The minimum Gasteiger partial charge on any atom is -0.361 e. The monoisotopic (exact) mass is 440 g/mol. The van der Waals surface area contributed by atoms with E-state index in [9.17, 15) is 14.4 Å².